The quantitative estimate of drug-likeness (QED) is 0.911. The van der Waals surface area contributed by atoms with Crippen LogP contribution in [0.2, 0.25) is 0 Å². The summed E-state index contributed by atoms with van der Waals surface area (Å²) in [5.74, 6) is 0.133. The third kappa shape index (κ3) is 2.77. The molecule has 0 spiro atoms. The third-order valence-electron chi connectivity index (χ3n) is 5.07. The van der Waals surface area contributed by atoms with Crippen LogP contribution in [0.25, 0.3) is 10.9 Å². The zero-order valence-corrected chi connectivity index (χ0v) is 13.1. The number of fused-ring (bicyclic) bond motifs is 3. The average molecular weight is 311 g/mol. The molecule has 2 fully saturated rings. The van der Waals surface area contributed by atoms with Crippen LogP contribution < -0.4 is 10.7 Å². The Kier molecular flexibility index (Phi) is 3.65. The molecule has 0 saturated carbocycles. The molecule has 1 N–H and O–H groups in total. The van der Waals surface area contributed by atoms with Gasteiger partial charge in [-0.15, -0.1) is 0 Å². The van der Waals surface area contributed by atoms with Gasteiger partial charge in [-0.05, 0) is 31.4 Å². The van der Waals surface area contributed by atoms with Gasteiger partial charge in [0.05, 0.1) is 5.52 Å². The number of benzene rings is 1. The van der Waals surface area contributed by atoms with Crippen LogP contribution in [0.3, 0.4) is 0 Å². The minimum atomic E-state index is 0.000538. The van der Waals surface area contributed by atoms with Crippen molar-refractivity contribution in [2.75, 3.05) is 13.1 Å². The van der Waals surface area contributed by atoms with E-state index in [2.05, 4.69) is 5.32 Å². The van der Waals surface area contributed by atoms with E-state index >= 15 is 0 Å². The molecule has 120 valence electrons. The number of hydrogen-bond donors (Lipinski definition) is 1. The van der Waals surface area contributed by atoms with Gasteiger partial charge in [-0.3, -0.25) is 9.59 Å². The van der Waals surface area contributed by atoms with Gasteiger partial charge < -0.3 is 14.8 Å². The number of carbonyl (C=O) groups excluding carboxylic acids is 1. The molecular formula is C18H21N3O2. The van der Waals surface area contributed by atoms with Crippen molar-refractivity contribution in [1.82, 2.24) is 14.8 Å². The van der Waals surface area contributed by atoms with E-state index in [4.69, 9.17) is 0 Å². The number of carbonyl (C=O) groups is 1. The van der Waals surface area contributed by atoms with E-state index in [-0.39, 0.29) is 17.9 Å². The molecule has 3 heterocycles. The molecule has 5 heteroatoms. The van der Waals surface area contributed by atoms with Gasteiger partial charge in [0.1, 0.15) is 6.54 Å². The summed E-state index contributed by atoms with van der Waals surface area (Å²) in [6.07, 6.45) is 5.16. The van der Waals surface area contributed by atoms with Gasteiger partial charge in [-0.2, -0.15) is 0 Å². The number of rotatable bonds is 2. The summed E-state index contributed by atoms with van der Waals surface area (Å²) < 4.78 is 1.88. The van der Waals surface area contributed by atoms with Crippen molar-refractivity contribution < 1.29 is 4.79 Å². The van der Waals surface area contributed by atoms with Gasteiger partial charge in [-0.1, -0.05) is 12.1 Å². The van der Waals surface area contributed by atoms with Crippen molar-refractivity contribution in [2.24, 2.45) is 0 Å². The molecule has 23 heavy (non-hydrogen) atoms. The Morgan fingerprint density at radius 2 is 1.96 bits per heavy atom. The number of aromatic nitrogens is 1. The zero-order chi connectivity index (χ0) is 15.8. The van der Waals surface area contributed by atoms with Gasteiger partial charge in [0.15, 0.2) is 5.43 Å². The van der Waals surface area contributed by atoms with Gasteiger partial charge in [-0.25, -0.2) is 0 Å². The molecule has 2 unspecified atom stereocenters. The van der Waals surface area contributed by atoms with E-state index in [1.807, 2.05) is 33.7 Å². The Hall–Kier alpha value is -2.14. The van der Waals surface area contributed by atoms with Crippen molar-refractivity contribution in [3.05, 3.63) is 46.8 Å². The summed E-state index contributed by atoms with van der Waals surface area (Å²) >= 11 is 0. The van der Waals surface area contributed by atoms with Gasteiger partial charge >= 0.3 is 0 Å². The topological polar surface area (TPSA) is 54.3 Å². The third-order valence-corrected chi connectivity index (χ3v) is 5.07. The normalized spacial score (nSPS) is 23.9. The zero-order valence-electron chi connectivity index (χ0n) is 13.1. The number of likely N-dealkylation sites (tertiary alicyclic amines) is 1. The summed E-state index contributed by atoms with van der Waals surface area (Å²) in [6.45, 7) is 1.91. The fourth-order valence-corrected chi connectivity index (χ4v) is 3.81. The minimum Gasteiger partial charge on any atom is -0.340 e. The Morgan fingerprint density at radius 3 is 2.87 bits per heavy atom. The molecule has 2 bridgehead atoms. The lowest BCUT2D eigenvalue weighted by Gasteiger charge is -2.25. The monoisotopic (exact) mass is 311 g/mol. The molecule has 2 aromatic rings. The smallest absolute Gasteiger partial charge is 0.242 e. The van der Waals surface area contributed by atoms with Gasteiger partial charge in [0.2, 0.25) is 5.91 Å². The highest BCUT2D eigenvalue weighted by molar-refractivity contribution is 5.82. The van der Waals surface area contributed by atoms with Gasteiger partial charge in [0, 0.05) is 42.8 Å². The van der Waals surface area contributed by atoms with Crippen LogP contribution >= 0.6 is 0 Å². The molecule has 1 aromatic heterocycles. The maximum Gasteiger partial charge on any atom is 0.242 e. The highest BCUT2D eigenvalue weighted by Crippen LogP contribution is 2.20. The fraction of sp³-hybridized carbons (Fsp3) is 0.444. The number of pyridine rings is 1. The van der Waals surface area contributed by atoms with E-state index in [0.29, 0.717) is 17.5 Å². The molecule has 2 saturated heterocycles. The van der Waals surface area contributed by atoms with E-state index in [1.54, 1.807) is 12.3 Å². The molecule has 2 atom stereocenters. The van der Waals surface area contributed by atoms with E-state index in [9.17, 15) is 9.59 Å². The number of para-hydroxylation sites is 1. The first-order valence-electron chi connectivity index (χ1n) is 8.33. The van der Waals surface area contributed by atoms with Crippen molar-refractivity contribution in [1.29, 1.82) is 0 Å². The predicted molar refractivity (Wildman–Crippen MR) is 89.4 cm³/mol. The maximum absolute atomic E-state index is 12.7. The Morgan fingerprint density at radius 1 is 1.13 bits per heavy atom. The van der Waals surface area contributed by atoms with Crippen LogP contribution in [0.1, 0.15) is 19.3 Å². The van der Waals surface area contributed by atoms with Crippen LogP contribution in [0.4, 0.5) is 0 Å². The maximum atomic E-state index is 12.7. The number of amides is 1. The molecule has 2 aliphatic heterocycles. The standard InChI is InChI=1S/C18H21N3O2/c22-17-8-10-20(16-4-2-1-3-15(16)17)12-18(23)21-9-7-13-5-6-14(11-21)19-13/h1-4,8,10,13-14,19H,5-7,9,11-12H2. The first-order chi connectivity index (χ1) is 11.2. The van der Waals surface area contributed by atoms with Crippen molar-refractivity contribution in [3.63, 3.8) is 0 Å². The molecule has 4 rings (SSSR count). The van der Waals surface area contributed by atoms with Crippen LogP contribution in [-0.2, 0) is 11.3 Å². The first kappa shape index (κ1) is 14.5. The molecular weight excluding hydrogens is 290 g/mol. The summed E-state index contributed by atoms with van der Waals surface area (Å²) in [7, 11) is 0. The summed E-state index contributed by atoms with van der Waals surface area (Å²) in [5.41, 5.74) is 0.823. The minimum absolute atomic E-state index is 0.000538. The summed E-state index contributed by atoms with van der Waals surface area (Å²) in [4.78, 5) is 26.6. The SMILES string of the molecule is O=C(Cn1ccc(=O)c2ccccc21)N1CCC2CCC(C1)N2. The molecule has 0 aliphatic carbocycles. The number of hydrogen-bond acceptors (Lipinski definition) is 3. The molecule has 5 nitrogen and oxygen atoms in total. The molecule has 0 radical (unpaired) electrons. The molecule has 1 aromatic carbocycles. The van der Waals surface area contributed by atoms with Crippen molar-refractivity contribution in [2.45, 2.75) is 37.9 Å². The molecule has 2 aliphatic rings. The second-order valence-electron chi connectivity index (χ2n) is 6.59. The van der Waals surface area contributed by atoms with E-state index in [1.165, 1.54) is 6.42 Å². The highest BCUT2D eigenvalue weighted by Gasteiger charge is 2.31. The number of nitrogens with one attached hydrogen (secondary N) is 1. The molecule has 1 amide bonds. The van der Waals surface area contributed by atoms with E-state index < -0.39 is 0 Å². The lowest BCUT2D eigenvalue weighted by molar-refractivity contribution is -0.132. The second-order valence-corrected chi connectivity index (χ2v) is 6.59. The summed E-state index contributed by atoms with van der Waals surface area (Å²) in [6, 6.07) is 10.0. The predicted octanol–water partition coefficient (Wildman–Crippen LogP) is 1.35. The lowest BCUT2D eigenvalue weighted by atomic mass is 10.1. The first-order valence-corrected chi connectivity index (χ1v) is 8.33. The highest BCUT2D eigenvalue weighted by atomic mass is 16.2. The summed E-state index contributed by atoms with van der Waals surface area (Å²) in [5, 5.41) is 4.26. The Bertz CT molecular complexity index is 798. The van der Waals surface area contributed by atoms with Gasteiger partial charge in [0.25, 0.3) is 0 Å². The largest absolute Gasteiger partial charge is 0.340 e. The Balaban J connectivity index is 1.57. The lowest BCUT2D eigenvalue weighted by Crippen LogP contribution is -2.40. The van der Waals surface area contributed by atoms with Crippen LogP contribution in [-0.4, -0.2) is 40.5 Å². The van der Waals surface area contributed by atoms with Crippen molar-refractivity contribution >= 4 is 16.8 Å². The Labute approximate surface area is 134 Å². The van der Waals surface area contributed by atoms with E-state index in [0.717, 1.165) is 31.4 Å². The fourth-order valence-electron chi connectivity index (χ4n) is 3.81. The van der Waals surface area contributed by atoms with Crippen LogP contribution in [0.5, 0.6) is 0 Å². The van der Waals surface area contributed by atoms with Crippen LogP contribution in [0, 0.1) is 0 Å². The average Bonchev–Trinajstić information content (AvgIpc) is 2.89. The van der Waals surface area contributed by atoms with Crippen LogP contribution in [0.15, 0.2) is 41.3 Å². The second kappa shape index (κ2) is 5.81. The number of nitrogens with zero attached hydrogens (tertiary/aromatic N) is 2. The van der Waals surface area contributed by atoms with Crippen molar-refractivity contribution in [3.8, 4) is 0 Å².